The second kappa shape index (κ2) is 6.81. The lowest BCUT2D eigenvalue weighted by atomic mass is 10.2. The molecule has 0 aliphatic heterocycles. The number of hydrogen-bond donors (Lipinski definition) is 1. The van der Waals surface area contributed by atoms with Gasteiger partial charge in [0.2, 0.25) is 5.88 Å². The van der Waals surface area contributed by atoms with Gasteiger partial charge in [-0.15, -0.1) is 0 Å². The maximum Gasteiger partial charge on any atom is 0.214 e. The summed E-state index contributed by atoms with van der Waals surface area (Å²) in [6, 6.07) is 5.48. The minimum atomic E-state index is 0.523. The minimum absolute atomic E-state index is 0.523. The largest absolute Gasteiger partial charge is 0.476 e. The zero-order valence-corrected chi connectivity index (χ0v) is 9.79. The second-order valence-electron chi connectivity index (χ2n) is 3.55. The van der Waals surface area contributed by atoms with Crippen LogP contribution < -0.4 is 10.1 Å². The molecule has 1 rings (SSSR count). The summed E-state index contributed by atoms with van der Waals surface area (Å²) in [5.41, 5.74) is 1.39. The van der Waals surface area contributed by atoms with Gasteiger partial charge in [-0.1, -0.05) is 6.92 Å². The third kappa shape index (κ3) is 4.28. The Morgan fingerprint density at radius 3 is 2.94 bits per heavy atom. The number of nitrogens with one attached hydrogen (secondary N) is 1. The Bertz CT molecular complexity index is 371. The zero-order chi connectivity index (χ0) is 11.8. The number of aryl methyl sites for hydroxylation is 1. The minimum Gasteiger partial charge on any atom is -0.476 e. The van der Waals surface area contributed by atoms with E-state index in [-0.39, 0.29) is 0 Å². The van der Waals surface area contributed by atoms with Gasteiger partial charge in [-0.2, -0.15) is 5.26 Å². The molecule has 4 nitrogen and oxygen atoms in total. The van der Waals surface area contributed by atoms with Crippen LogP contribution >= 0.6 is 0 Å². The van der Waals surface area contributed by atoms with Gasteiger partial charge < -0.3 is 10.1 Å². The first-order valence-corrected chi connectivity index (χ1v) is 5.48. The van der Waals surface area contributed by atoms with Gasteiger partial charge in [0, 0.05) is 18.3 Å². The maximum atomic E-state index is 8.78. The molecule has 0 saturated heterocycles. The smallest absolute Gasteiger partial charge is 0.214 e. The summed E-state index contributed by atoms with van der Waals surface area (Å²) in [4.78, 5) is 4.20. The predicted molar refractivity (Wildman–Crippen MR) is 62.3 cm³/mol. The van der Waals surface area contributed by atoms with Crippen molar-refractivity contribution < 1.29 is 4.74 Å². The summed E-state index contributed by atoms with van der Waals surface area (Å²) >= 11 is 0. The van der Waals surface area contributed by atoms with E-state index in [2.05, 4.69) is 23.3 Å². The molecule has 1 aromatic rings. The Hall–Kier alpha value is -1.60. The standard InChI is InChI=1S/C12H17N3O/c1-3-4-14-5-6-16-12-8-11(9-13)7-10(2)15-12/h7-8,14H,3-6H2,1-2H3. The van der Waals surface area contributed by atoms with Crippen LogP contribution in [0, 0.1) is 18.3 Å². The van der Waals surface area contributed by atoms with Crippen molar-refractivity contribution in [3.05, 3.63) is 23.4 Å². The average Bonchev–Trinajstić information content (AvgIpc) is 2.28. The van der Waals surface area contributed by atoms with Crippen LogP contribution in [0.4, 0.5) is 0 Å². The fraction of sp³-hybridized carbons (Fsp3) is 0.500. The van der Waals surface area contributed by atoms with Crippen LogP contribution in [-0.4, -0.2) is 24.7 Å². The van der Waals surface area contributed by atoms with Gasteiger partial charge in [-0.25, -0.2) is 4.98 Å². The molecule has 0 fully saturated rings. The van der Waals surface area contributed by atoms with Crippen LogP contribution in [0.15, 0.2) is 12.1 Å². The van der Waals surface area contributed by atoms with Crippen LogP contribution in [-0.2, 0) is 0 Å². The molecule has 1 N–H and O–H groups in total. The highest BCUT2D eigenvalue weighted by molar-refractivity contribution is 5.34. The first-order chi connectivity index (χ1) is 7.76. The molecule has 4 heteroatoms. The average molecular weight is 219 g/mol. The monoisotopic (exact) mass is 219 g/mol. The molecule has 0 atom stereocenters. The van der Waals surface area contributed by atoms with Crippen LogP contribution in [0.3, 0.4) is 0 Å². The number of rotatable bonds is 6. The van der Waals surface area contributed by atoms with E-state index in [9.17, 15) is 0 Å². The molecule has 16 heavy (non-hydrogen) atoms. The van der Waals surface area contributed by atoms with Crippen LogP contribution in [0.2, 0.25) is 0 Å². The van der Waals surface area contributed by atoms with Gasteiger partial charge >= 0.3 is 0 Å². The van der Waals surface area contributed by atoms with Crippen LogP contribution in [0.25, 0.3) is 0 Å². The third-order valence-electron chi connectivity index (χ3n) is 2.01. The van der Waals surface area contributed by atoms with Crippen molar-refractivity contribution in [2.75, 3.05) is 19.7 Å². The Morgan fingerprint density at radius 1 is 1.44 bits per heavy atom. The van der Waals surface area contributed by atoms with E-state index < -0.39 is 0 Å². The van der Waals surface area contributed by atoms with Crippen molar-refractivity contribution in [2.45, 2.75) is 20.3 Å². The van der Waals surface area contributed by atoms with E-state index in [1.54, 1.807) is 12.1 Å². The summed E-state index contributed by atoms with van der Waals surface area (Å²) in [5.74, 6) is 0.523. The molecule has 0 radical (unpaired) electrons. The molecule has 86 valence electrons. The van der Waals surface area contributed by atoms with Gasteiger partial charge in [0.15, 0.2) is 0 Å². The molecular formula is C12H17N3O. The summed E-state index contributed by atoms with van der Waals surface area (Å²) in [6.07, 6.45) is 1.11. The predicted octanol–water partition coefficient (Wildman–Crippen LogP) is 1.64. The molecule has 0 saturated carbocycles. The van der Waals surface area contributed by atoms with Crippen molar-refractivity contribution in [1.29, 1.82) is 5.26 Å². The van der Waals surface area contributed by atoms with Crippen molar-refractivity contribution in [3.63, 3.8) is 0 Å². The molecule has 0 aliphatic carbocycles. The van der Waals surface area contributed by atoms with E-state index in [0.29, 0.717) is 18.1 Å². The van der Waals surface area contributed by atoms with Crippen molar-refractivity contribution in [2.24, 2.45) is 0 Å². The van der Waals surface area contributed by atoms with Gasteiger partial charge in [-0.05, 0) is 26.0 Å². The second-order valence-corrected chi connectivity index (χ2v) is 3.55. The molecule has 0 aromatic carbocycles. The highest BCUT2D eigenvalue weighted by atomic mass is 16.5. The third-order valence-corrected chi connectivity index (χ3v) is 2.01. The van der Waals surface area contributed by atoms with Crippen molar-refractivity contribution >= 4 is 0 Å². The lowest BCUT2D eigenvalue weighted by molar-refractivity contribution is 0.302. The number of hydrogen-bond acceptors (Lipinski definition) is 4. The molecular weight excluding hydrogens is 202 g/mol. The van der Waals surface area contributed by atoms with Crippen molar-refractivity contribution in [1.82, 2.24) is 10.3 Å². The first-order valence-electron chi connectivity index (χ1n) is 5.48. The molecule has 0 amide bonds. The number of nitriles is 1. The molecule has 0 spiro atoms. The van der Waals surface area contributed by atoms with E-state index >= 15 is 0 Å². The lowest BCUT2D eigenvalue weighted by Gasteiger charge is -2.07. The summed E-state index contributed by atoms with van der Waals surface area (Å²) in [5, 5.41) is 12.0. The summed E-state index contributed by atoms with van der Waals surface area (Å²) in [7, 11) is 0. The highest BCUT2D eigenvalue weighted by Gasteiger charge is 2.00. The quantitative estimate of drug-likeness (QED) is 0.739. The Balaban J connectivity index is 2.42. The molecule has 0 unspecified atom stereocenters. The Kier molecular flexibility index (Phi) is 5.30. The molecule has 1 heterocycles. The fourth-order valence-corrected chi connectivity index (χ4v) is 1.31. The van der Waals surface area contributed by atoms with Crippen LogP contribution in [0.5, 0.6) is 5.88 Å². The molecule has 0 bridgehead atoms. The SMILES string of the molecule is CCCNCCOc1cc(C#N)cc(C)n1. The van der Waals surface area contributed by atoms with E-state index in [4.69, 9.17) is 10.00 Å². The van der Waals surface area contributed by atoms with E-state index in [0.717, 1.165) is 25.2 Å². The first kappa shape index (κ1) is 12.5. The fourth-order valence-electron chi connectivity index (χ4n) is 1.31. The topological polar surface area (TPSA) is 57.9 Å². The van der Waals surface area contributed by atoms with E-state index in [1.165, 1.54) is 0 Å². The normalized spacial score (nSPS) is 9.81. The van der Waals surface area contributed by atoms with E-state index in [1.807, 2.05) is 6.92 Å². The maximum absolute atomic E-state index is 8.78. The number of ether oxygens (including phenoxy) is 1. The molecule has 0 aliphatic rings. The highest BCUT2D eigenvalue weighted by Crippen LogP contribution is 2.11. The molecule has 1 aromatic heterocycles. The van der Waals surface area contributed by atoms with Gasteiger partial charge in [0.25, 0.3) is 0 Å². The summed E-state index contributed by atoms with van der Waals surface area (Å²) < 4.78 is 5.45. The van der Waals surface area contributed by atoms with Crippen LogP contribution in [0.1, 0.15) is 24.6 Å². The number of nitrogens with zero attached hydrogens (tertiary/aromatic N) is 2. The van der Waals surface area contributed by atoms with Crippen molar-refractivity contribution in [3.8, 4) is 11.9 Å². The number of aromatic nitrogens is 1. The zero-order valence-electron chi connectivity index (χ0n) is 9.79. The van der Waals surface area contributed by atoms with Gasteiger partial charge in [-0.3, -0.25) is 0 Å². The Labute approximate surface area is 96.3 Å². The van der Waals surface area contributed by atoms with Gasteiger partial charge in [0.05, 0.1) is 11.6 Å². The lowest BCUT2D eigenvalue weighted by Crippen LogP contribution is -2.21. The van der Waals surface area contributed by atoms with Gasteiger partial charge in [0.1, 0.15) is 6.61 Å². The Morgan fingerprint density at radius 2 is 2.25 bits per heavy atom. The summed E-state index contributed by atoms with van der Waals surface area (Å²) in [6.45, 7) is 6.33. The number of pyridine rings is 1.